The zero-order chi connectivity index (χ0) is 19.7. The molecule has 0 amide bonds. The molecule has 0 unspecified atom stereocenters. The molecule has 3 aromatic heterocycles. The Bertz CT molecular complexity index is 1160. The molecule has 1 aromatic carbocycles. The number of benzene rings is 1. The third-order valence-corrected chi connectivity index (χ3v) is 4.63. The van der Waals surface area contributed by atoms with Gasteiger partial charge in [0.05, 0.1) is 11.2 Å². The van der Waals surface area contributed by atoms with Gasteiger partial charge in [0.25, 0.3) is 5.69 Å². The Hall–Kier alpha value is -3.73. The van der Waals surface area contributed by atoms with Crippen molar-refractivity contribution >= 4 is 17.4 Å². The van der Waals surface area contributed by atoms with Gasteiger partial charge in [0, 0.05) is 23.4 Å². The first-order chi connectivity index (χ1) is 13.5. The second kappa shape index (κ2) is 7.12. The average molecular weight is 395 g/mol. The molecule has 0 saturated carbocycles. The van der Waals surface area contributed by atoms with Crippen LogP contribution in [0.3, 0.4) is 0 Å². The van der Waals surface area contributed by atoms with Crippen molar-refractivity contribution in [1.29, 1.82) is 0 Å². The van der Waals surface area contributed by atoms with E-state index < -0.39 is 4.92 Å². The van der Waals surface area contributed by atoms with Gasteiger partial charge in [-0.15, -0.1) is 10.2 Å². The van der Waals surface area contributed by atoms with Gasteiger partial charge in [-0.05, 0) is 36.9 Å². The smallest absolute Gasteiger partial charge is 0.270 e. The Kier molecular flexibility index (Phi) is 4.49. The number of nitro groups is 1. The number of furan rings is 1. The Morgan fingerprint density at radius 1 is 1.18 bits per heavy atom. The molecular weight excluding hydrogens is 382 g/mol. The van der Waals surface area contributed by atoms with Crippen molar-refractivity contribution in [3.8, 4) is 23.0 Å². The zero-order valence-electron chi connectivity index (χ0n) is 14.5. The quantitative estimate of drug-likeness (QED) is 0.234. The first-order valence-corrected chi connectivity index (χ1v) is 8.85. The van der Waals surface area contributed by atoms with Crippen molar-refractivity contribution in [2.75, 3.05) is 5.84 Å². The van der Waals surface area contributed by atoms with E-state index >= 15 is 0 Å². The Morgan fingerprint density at radius 2 is 2.04 bits per heavy atom. The molecule has 4 aromatic rings. The summed E-state index contributed by atoms with van der Waals surface area (Å²) < 4.78 is 6.61. The van der Waals surface area contributed by atoms with Crippen molar-refractivity contribution in [3.05, 3.63) is 64.5 Å². The molecule has 0 aliphatic rings. The van der Waals surface area contributed by atoms with Crippen LogP contribution in [-0.2, 0) is 0 Å². The van der Waals surface area contributed by atoms with Gasteiger partial charge in [0.1, 0.15) is 5.03 Å². The third-order valence-electron chi connectivity index (χ3n) is 3.75. The summed E-state index contributed by atoms with van der Waals surface area (Å²) in [5.41, 5.74) is 1.22. The molecule has 2 N–H and O–H groups in total. The molecule has 140 valence electrons. The van der Waals surface area contributed by atoms with Crippen LogP contribution in [-0.4, -0.2) is 29.8 Å². The predicted molar refractivity (Wildman–Crippen MR) is 101 cm³/mol. The Morgan fingerprint density at radius 3 is 2.79 bits per heavy atom. The number of hydrogen-bond acceptors (Lipinski definition) is 9. The number of hydrogen-bond donors (Lipinski definition) is 1. The maximum absolute atomic E-state index is 11.0. The van der Waals surface area contributed by atoms with Crippen LogP contribution in [0.4, 0.5) is 5.69 Å². The summed E-state index contributed by atoms with van der Waals surface area (Å²) >= 11 is 1.20. The average Bonchev–Trinajstić information content (AvgIpc) is 3.32. The summed E-state index contributed by atoms with van der Waals surface area (Å²) in [5.74, 6) is 7.34. The van der Waals surface area contributed by atoms with Crippen LogP contribution < -0.4 is 5.84 Å². The van der Waals surface area contributed by atoms with Crippen molar-refractivity contribution < 1.29 is 9.34 Å². The number of nitrogens with two attached hydrogens (primary N) is 1. The molecule has 28 heavy (non-hydrogen) atoms. The van der Waals surface area contributed by atoms with Gasteiger partial charge in [-0.2, -0.15) is 0 Å². The lowest BCUT2D eigenvalue weighted by Crippen LogP contribution is -2.11. The highest BCUT2D eigenvalue weighted by Crippen LogP contribution is 2.29. The third kappa shape index (κ3) is 3.42. The van der Waals surface area contributed by atoms with Gasteiger partial charge in [-0.3, -0.25) is 10.1 Å². The number of nitrogens with zero attached hydrogens (tertiary/aromatic N) is 6. The van der Waals surface area contributed by atoms with Gasteiger partial charge in [-0.25, -0.2) is 14.6 Å². The molecule has 0 aliphatic carbocycles. The van der Waals surface area contributed by atoms with Crippen molar-refractivity contribution in [2.24, 2.45) is 0 Å². The monoisotopic (exact) mass is 395 g/mol. The summed E-state index contributed by atoms with van der Waals surface area (Å²) in [6.07, 6.45) is 1.52. The van der Waals surface area contributed by atoms with Gasteiger partial charge in [0.2, 0.25) is 11.0 Å². The molecule has 11 heteroatoms. The first-order valence-electron chi connectivity index (χ1n) is 8.04. The number of rotatable bonds is 5. The second-order valence-corrected chi connectivity index (χ2v) is 6.72. The van der Waals surface area contributed by atoms with E-state index in [0.717, 1.165) is 0 Å². The lowest BCUT2D eigenvalue weighted by atomic mass is 10.2. The summed E-state index contributed by atoms with van der Waals surface area (Å²) in [4.78, 5) is 19.4. The highest BCUT2D eigenvalue weighted by Gasteiger charge is 2.17. The van der Waals surface area contributed by atoms with Gasteiger partial charge >= 0.3 is 0 Å². The van der Waals surface area contributed by atoms with Crippen LogP contribution in [0.1, 0.15) is 5.69 Å². The van der Waals surface area contributed by atoms with E-state index in [1.165, 1.54) is 34.8 Å². The van der Waals surface area contributed by atoms with E-state index in [9.17, 15) is 10.1 Å². The molecule has 0 saturated heterocycles. The maximum atomic E-state index is 11.0. The number of nitrogen functional groups attached to an aromatic ring is 1. The van der Waals surface area contributed by atoms with E-state index in [4.69, 9.17) is 10.3 Å². The van der Waals surface area contributed by atoms with E-state index in [2.05, 4.69) is 20.2 Å². The van der Waals surface area contributed by atoms with Crippen LogP contribution in [0.5, 0.6) is 0 Å². The fourth-order valence-corrected chi connectivity index (χ4v) is 3.31. The van der Waals surface area contributed by atoms with Gasteiger partial charge in [0.15, 0.2) is 11.6 Å². The molecule has 0 spiro atoms. The molecule has 3 heterocycles. The van der Waals surface area contributed by atoms with E-state index in [1.807, 2.05) is 6.92 Å². The second-order valence-electron chi connectivity index (χ2n) is 5.73. The minimum atomic E-state index is -0.456. The number of aromatic nitrogens is 5. The minimum Gasteiger partial charge on any atom is -0.461 e. The molecule has 10 nitrogen and oxygen atoms in total. The minimum absolute atomic E-state index is 0.0263. The van der Waals surface area contributed by atoms with Crippen molar-refractivity contribution in [2.45, 2.75) is 17.1 Å². The Labute approximate surface area is 162 Å². The van der Waals surface area contributed by atoms with Crippen LogP contribution >= 0.6 is 11.8 Å². The van der Waals surface area contributed by atoms with E-state index in [1.54, 1.807) is 30.3 Å². The van der Waals surface area contributed by atoms with Gasteiger partial charge in [-0.1, -0.05) is 12.1 Å². The normalized spacial score (nSPS) is 10.9. The largest absolute Gasteiger partial charge is 0.461 e. The molecule has 0 radical (unpaired) electrons. The summed E-state index contributed by atoms with van der Waals surface area (Å²) in [5, 5.41) is 20.1. The van der Waals surface area contributed by atoms with E-state index in [0.29, 0.717) is 38.8 Å². The maximum Gasteiger partial charge on any atom is 0.270 e. The van der Waals surface area contributed by atoms with Crippen LogP contribution in [0, 0.1) is 17.0 Å². The van der Waals surface area contributed by atoms with Crippen molar-refractivity contribution in [1.82, 2.24) is 24.8 Å². The van der Waals surface area contributed by atoms with Crippen LogP contribution in [0.15, 0.2) is 63.3 Å². The number of nitro benzene ring substituents is 1. The topological polar surface area (TPSA) is 139 Å². The SMILES string of the molecule is Cc1cc(Sc2nnc(-c3ccco3)n2N)nc(-c2cccc([N+](=O)[O-])c2)n1. The predicted octanol–water partition coefficient (Wildman–Crippen LogP) is 3.08. The molecule has 0 fully saturated rings. The molecule has 0 aliphatic heterocycles. The molecule has 0 bridgehead atoms. The lowest BCUT2D eigenvalue weighted by molar-refractivity contribution is -0.384. The fraction of sp³-hybridized carbons (Fsp3) is 0.0588. The van der Waals surface area contributed by atoms with Crippen LogP contribution in [0.2, 0.25) is 0 Å². The van der Waals surface area contributed by atoms with Crippen molar-refractivity contribution in [3.63, 3.8) is 0 Å². The summed E-state index contributed by atoms with van der Waals surface area (Å²) in [6.45, 7) is 1.81. The first kappa shape index (κ1) is 17.7. The summed E-state index contributed by atoms with van der Waals surface area (Å²) in [6, 6.07) is 11.4. The molecular formula is C17H13N7O3S. The molecule has 0 atom stereocenters. The molecule has 4 rings (SSSR count). The standard InChI is InChI=1S/C17H13N7O3S/c1-10-8-14(20-15(19-10)11-4-2-5-12(9-11)24(25)26)28-17-22-21-16(23(17)18)13-6-3-7-27-13/h2-9H,18H2,1H3. The highest BCUT2D eigenvalue weighted by molar-refractivity contribution is 7.99. The Balaban J connectivity index is 1.67. The highest BCUT2D eigenvalue weighted by atomic mass is 32.2. The number of aryl methyl sites for hydroxylation is 1. The van der Waals surface area contributed by atoms with Crippen LogP contribution in [0.25, 0.3) is 23.0 Å². The fourth-order valence-electron chi connectivity index (χ4n) is 2.49. The zero-order valence-corrected chi connectivity index (χ0v) is 15.3. The lowest BCUT2D eigenvalue weighted by Gasteiger charge is -2.06. The van der Waals surface area contributed by atoms with E-state index in [-0.39, 0.29) is 5.69 Å². The summed E-state index contributed by atoms with van der Waals surface area (Å²) in [7, 11) is 0. The van der Waals surface area contributed by atoms with Gasteiger partial charge < -0.3 is 10.3 Å². The number of non-ortho nitro benzene ring substituents is 1.